The van der Waals surface area contributed by atoms with Crippen molar-refractivity contribution in [2.45, 2.75) is 20.0 Å². The number of aryl methyl sites for hydroxylation is 2. The van der Waals surface area contributed by atoms with E-state index in [1.165, 1.54) is 11.6 Å². The first kappa shape index (κ1) is 18.7. The van der Waals surface area contributed by atoms with Gasteiger partial charge in [0.2, 0.25) is 0 Å². The summed E-state index contributed by atoms with van der Waals surface area (Å²) < 4.78 is 19.7. The third kappa shape index (κ3) is 4.74. The topological polar surface area (TPSA) is 35.9 Å². The zero-order valence-electron chi connectivity index (χ0n) is 15.5. The number of rotatable bonds is 6. The average molecular weight is 358 g/mol. The quantitative estimate of drug-likeness (QED) is 0.861. The Kier molecular flexibility index (Phi) is 6.12. The zero-order valence-corrected chi connectivity index (χ0v) is 15.5. The molecule has 4 nitrogen and oxygen atoms in total. The molecule has 5 heteroatoms. The van der Waals surface area contributed by atoms with Crippen molar-refractivity contribution in [1.29, 1.82) is 0 Å². The lowest BCUT2D eigenvalue weighted by Crippen LogP contribution is -2.49. The second-order valence-corrected chi connectivity index (χ2v) is 6.97. The highest BCUT2D eigenvalue weighted by Gasteiger charge is 2.21. The molecule has 1 heterocycles. The van der Waals surface area contributed by atoms with E-state index < -0.39 is 6.10 Å². The van der Waals surface area contributed by atoms with Crippen molar-refractivity contribution >= 4 is 5.69 Å². The summed E-state index contributed by atoms with van der Waals surface area (Å²) in [6, 6.07) is 12.9. The summed E-state index contributed by atoms with van der Waals surface area (Å²) in [6.45, 7) is 8.01. The number of aliphatic hydroxyl groups excluding tert-OH is 1. The van der Waals surface area contributed by atoms with Crippen LogP contribution in [0.2, 0.25) is 0 Å². The van der Waals surface area contributed by atoms with Gasteiger partial charge in [0.15, 0.2) is 0 Å². The molecule has 1 N–H and O–H groups in total. The van der Waals surface area contributed by atoms with Crippen molar-refractivity contribution in [3.63, 3.8) is 0 Å². The molecule has 1 saturated heterocycles. The van der Waals surface area contributed by atoms with E-state index in [1.807, 2.05) is 38.1 Å². The first-order valence-corrected chi connectivity index (χ1v) is 9.13. The molecule has 1 fully saturated rings. The first-order chi connectivity index (χ1) is 12.5. The summed E-state index contributed by atoms with van der Waals surface area (Å²) in [7, 11) is 0. The molecule has 1 aliphatic heterocycles. The fourth-order valence-corrected chi connectivity index (χ4v) is 3.38. The van der Waals surface area contributed by atoms with Gasteiger partial charge in [0.1, 0.15) is 24.3 Å². The van der Waals surface area contributed by atoms with Gasteiger partial charge in [0.25, 0.3) is 0 Å². The van der Waals surface area contributed by atoms with E-state index in [9.17, 15) is 9.50 Å². The number of nitrogens with zero attached hydrogens (tertiary/aromatic N) is 2. The molecule has 140 valence electrons. The minimum absolute atomic E-state index is 0.178. The number of β-amino-alcohol motifs (C(OH)–C–C–N with tert-alkyl or cyclic N) is 1. The standard InChI is InChI=1S/C21H27FN2O2/c1-16-7-8-21(17(2)13-16)26-15-18(25)14-23-9-11-24(12-10-23)20-6-4-3-5-19(20)22/h3-8,13,18,25H,9-12,14-15H2,1-2H3/t18-/m0/s1. The Morgan fingerprint density at radius 1 is 1.08 bits per heavy atom. The van der Waals surface area contributed by atoms with Crippen LogP contribution in [0.15, 0.2) is 42.5 Å². The summed E-state index contributed by atoms with van der Waals surface area (Å²) in [5, 5.41) is 10.3. The Balaban J connectivity index is 1.44. The molecule has 0 bridgehead atoms. The number of benzene rings is 2. The number of piperazine rings is 1. The van der Waals surface area contributed by atoms with Gasteiger partial charge in [0.05, 0.1) is 5.69 Å². The molecule has 0 radical (unpaired) electrons. The Morgan fingerprint density at radius 2 is 1.81 bits per heavy atom. The number of ether oxygens (including phenoxy) is 1. The summed E-state index contributed by atoms with van der Waals surface area (Å²) in [5.74, 6) is 0.641. The predicted molar refractivity (Wildman–Crippen MR) is 102 cm³/mol. The van der Waals surface area contributed by atoms with Crippen molar-refractivity contribution in [3.8, 4) is 5.75 Å². The molecule has 2 aromatic carbocycles. The van der Waals surface area contributed by atoms with Crippen molar-refractivity contribution in [3.05, 3.63) is 59.4 Å². The second-order valence-electron chi connectivity index (χ2n) is 6.97. The van der Waals surface area contributed by atoms with Gasteiger partial charge in [0, 0.05) is 32.7 Å². The Labute approximate surface area is 154 Å². The van der Waals surface area contributed by atoms with Gasteiger partial charge in [-0.15, -0.1) is 0 Å². The van der Waals surface area contributed by atoms with Gasteiger partial charge in [-0.25, -0.2) is 4.39 Å². The molecule has 26 heavy (non-hydrogen) atoms. The smallest absolute Gasteiger partial charge is 0.146 e. The molecule has 0 aromatic heterocycles. The summed E-state index contributed by atoms with van der Waals surface area (Å²) in [6.07, 6.45) is -0.546. The van der Waals surface area contributed by atoms with Crippen LogP contribution in [0, 0.1) is 19.7 Å². The van der Waals surface area contributed by atoms with Crippen LogP contribution in [0.1, 0.15) is 11.1 Å². The molecular formula is C21H27FN2O2. The summed E-state index contributed by atoms with van der Waals surface area (Å²) in [4.78, 5) is 4.26. The lowest BCUT2D eigenvalue weighted by molar-refractivity contribution is 0.0660. The largest absolute Gasteiger partial charge is 0.491 e. The van der Waals surface area contributed by atoms with E-state index >= 15 is 0 Å². The molecule has 1 atom stereocenters. The lowest BCUT2D eigenvalue weighted by atomic mass is 10.1. The van der Waals surface area contributed by atoms with Crippen LogP contribution in [-0.4, -0.2) is 55.4 Å². The predicted octanol–water partition coefficient (Wildman–Crippen LogP) is 3.00. The maximum Gasteiger partial charge on any atom is 0.146 e. The van der Waals surface area contributed by atoms with Gasteiger partial charge in [-0.2, -0.15) is 0 Å². The summed E-state index contributed by atoms with van der Waals surface area (Å²) in [5.41, 5.74) is 2.93. The first-order valence-electron chi connectivity index (χ1n) is 9.13. The lowest BCUT2D eigenvalue weighted by Gasteiger charge is -2.37. The second kappa shape index (κ2) is 8.52. The highest BCUT2D eigenvalue weighted by Crippen LogP contribution is 2.21. The fourth-order valence-electron chi connectivity index (χ4n) is 3.38. The molecule has 3 rings (SSSR count). The molecular weight excluding hydrogens is 331 g/mol. The summed E-state index contributed by atoms with van der Waals surface area (Å²) >= 11 is 0. The third-order valence-electron chi connectivity index (χ3n) is 4.80. The molecule has 1 aliphatic rings. The molecule has 2 aromatic rings. The Morgan fingerprint density at radius 3 is 2.50 bits per heavy atom. The monoisotopic (exact) mass is 358 g/mol. The zero-order chi connectivity index (χ0) is 18.5. The van der Waals surface area contributed by atoms with E-state index in [4.69, 9.17) is 4.74 Å². The van der Waals surface area contributed by atoms with Gasteiger partial charge in [-0.1, -0.05) is 29.8 Å². The van der Waals surface area contributed by atoms with Crippen molar-refractivity contribution in [2.24, 2.45) is 0 Å². The highest BCUT2D eigenvalue weighted by atomic mass is 19.1. The maximum absolute atomic E-state index is 13.9. The number of hydrogen-bond acceptors (Lipinski definition) is 4. The molecule has 0 unspecified atom stereocenters. The minimum atomic E-state index is -0.546. The third-order valence-corrected chi connectivity index (χ3v) is 4.80. The van der Waals surface area contributed by atoms with Crippen LogP contribution in [0.3, 0.4) is 0 Å². The number of hydrogen-bond donors (Lipinski definition) is 1. The van der Waals surface area contributed by atoms with Crippen LogP contribution in [0.5, 0.6) is 5.75 Å². The normalized spacial score (nSPS) is 16.5. The van der Waals surface area contributed by atoms with E-state index in [0.717, 1.165) is 37.5 Å². The van der Waals surface area contributed by atoms with Crippen molar-refractivity contribution in [1.82, 2.24) is 4.90 Å². The highest BCUT2D eigenvalue weighted by molar-refractivity contribution is 5.48. The van der Waals surface area contributed by atoms with Gasteiger partial charge in [-0.3, -0.25) is 4.90 Å². The van der Waals surface area contributed by atoms with Crippen LogP contribution >= 0.6 is 0 Å². The van der Waals surface area contributed by atoms with E-state index in [-0.39, 0.29) is 12.4 Å². The van der Waals surface area contributed by atoms with Gasteiger partial charge in [-0.05, 0) is 37.6 Å². The number of para-hydroxylation sites is 1. The number of aliphatic hydroxyl groups is 1. The molecule has 0 amide bonds. The number of anilines is 1. The van der Waals surface area contributed by atoms with E-state index in [0.29, 0.717) is 12.2 Å². The van der Waals surface area contributed by atoms with Crippen LogP contribution in [0.4, 0.5) is 10.1 Å². The minimum Gasteiger partial charge on any atom is -0.491 e. The maximum atomic E-state index is 13.9. The Bertz CT molecular complexity index is 730. The van der Waals surface area contributed by atoms with Crippen LogP contribution < -0.4 is 9.64 Å². The van der Waals surface area contributed by atoms with Crippen LogP contribution in [-0.2, 0) is 0 Å². The number of halogens is 1. The van der Waals surface area contributed by atoms with Gasteiger partial charge >= 0.3 is 0 Å². The van der Waals surface area contributed by atoms with Crippen molar-refractivity contribution < 1.29 is 14.2 Å². The van der Waals surface area contributed by atoms with E-state index in [2.05, 4.69) is 15.9 Å². The molecule has 0 aliphatic carbocycles. The van der Waals surface area contributed by atoms with Crippen LogP contribution in [0.25, 0.3) is 0 Å². The average Bonchev–Trinajstić information content (AvgIpc) is 2.62. The van der Waals surface area contributed by atoms with Gasteiger partial charge < -0.3 is 14.7 Å². The molecule has 0 saturated carbocycles. The van der Waals surface area contributed by atoms with Crippen molar-refractivity contribution in [2.75, 3.05) is 44.2 Å². The Hall–Kier alpha value is -2.11. The van der Waals surface area contributed by atoms with E-state index in [1.54, 1.807) is 6.07 Å². The molecule has 0 spiro atoms. The fraction of sp³-hybridized carbons (Fsp3) is 0.429. The SMILES string of the molecule is Cc1ccc(OC[C@@H](O)CN2CCN(c3ccccc3F)CC2)c(C)c1.